The van der Waals surface area contributed by atoms with Gasteiger partial charge in [-0.1, -0.05) is 120 Å². The molecule has 0 aromatic heterocycles. The highest BCUT2D eigenvalue weighted by Crippen LogP contribution is 2.48. The number of aliphatic hydroxyl groups is 3. The highest BCUT2D eigenvalue weighted by molar-refractivity contribution is 8.25. The normalized spacial score (nSPS) is 14.0. The van der Waals surface area contributed by atoms with Crippen molar-refractivity contribution in [3.8, 4) is 12.1 Å². The summed E-state index contributed by atoms with van der Waals surface area (Å²) in [5.74, 6) is -2.74. The number of rotatable bonds is 37. The smallest absolute Gasteiger partial charge is 0.306 e. The maximum atomic E-state index is 13.5. The molecule has 6 N–H and O–H groups in total. The third-order valence-electron chi connectivity index (χ3n) is 12.6. The van der Waals surface area contributed by atoms with Crippen LogP contribution in [0.1, 0.15) is 182 Å². The summed E-state index contributed by atoms with van der Waals surface area (Å²) in [4.78, 5) is 85.6. The molecule has 0 fully saturated rings. The highest BCUT2D eigenvalue weighted by Gasteiger charge is 2.58. The number of hydrogen-bond acceptors (Lipinski definition) is 19. The number of carbonyl (C=O) groups is 6. The van der Waals surface area contributed by atoms with Crippen molar-refractivity contribution >= 4 is 63.8 Å². The maximum absolute atomic E-state index is 13.5. The van der Waals surface area contributed by atoms with Gasteiger partial charge in [-0.3, -0.25) is 28.8 Å². The molecule has 1 aromatic carbocycles. The Hall–Kier alpha value is -7.50. The van der Waals surface area contributed by atoms with Gasteiger partial charge in [-0.25, -0.2) is 6.57 Å². The van der Waals surface area contributed by atoms with Crippen LogP contribution in [0.5, 0.6) is 0 Å². The number of thioether (sulfide) groups is 1. The van der Waals surface area contributed by atoms with Crippen LogP contribution in [-0.2, 0) is 43.0 Å². The Balaban J connectivity index is -0.000000251. The lowest BCUT2D eigenvalue weighted by molar-refractivity contribution is -0.146. The predicted octanol–water partition coefficient (Wildman–Crippen LogP) is 12.1. The zero-order chi connectivity index (χ0) is 66.4. The number of carbonyl (C=O) groups excluding carboxylic acids is 6. The molecule has 3 amide bonds. The summed E-state index contributed by atoms with van der Waals surface area (Å²) in [6.07, 6.45) is -1.07. The van der Waals surface area contributed by atoms with Crippen LogP contribution in [0.25, 0.3) is 36.2 Å². The number of thiocarbonyl (C=S) groups is 1. The summed E-state index contributed by atoms with van der Waals surface area (Å²) >= 11 is 6.77. The number of amides is 3. The van der Waals surface area contributed by atoms with E-state index in [-0.39, 0.29) is 152 Å². The molecule has 8 atom stereocenters. The Kier molecular flexibility index (Phi) is 57.0. The van der Waals surface area contributed by atoms with Crippen LogP contribution in [0.3, 0.4) is 0 Å². The summed E-state index contributed by atoms with van der Waals surface area (Å²) in [6.45, 7) is 30.8. The molecule has 0 aliphatic heterocycles. The van der Waals surface area contributed by atoms with E-state index in [1.807, 2.05) is 44.2 Å². The van der Waals surface area contributed by atoms with Crippen molar-refractivity contribution in [3.63, 3.8) is 0 Å². The van der Waals surface area contributed by atoms with Gasteiger partial charge in [0.2, 0.25) is 23.3 Å². The van der Waals surface area contributed by atoms with Crippen LogP contribution in [0.4, 0.5) is 0 Å². The van der Waals surface area contributed by atoms with Gasteiger partial charge in [-0.15, -0.1) is 0 Å². The Morgan fingerprint density at radius 1 is 0.656 bits per heavy atom. The fourth-order valence-corrected chi connectivity index (χ4v) is 9.44. The van der Waals surface area contributed by atoms with Crippen LogP contribution in [0, 0.1) is 45.5 Å². The van der Waals surface area contributed by atoms with E-state index in [4.69, 9.17) is 54.7 Å². The lowest BCUT2D eigenvalue weighted by Crippen LogP contribution is -2.55. The molecule has 29 heteroatoms. The largest absolute Gasteiger partial charge is 0.466 e. The number of ether oxygens (including phenoxy) is 3. The van der Waals surface area contributed by atoms with E-state index in [1.165, 1.54) is 32.5 Å². The molecule has 1 rings (SSSR count). The predicted molar refractivity (Wildman–Crippen MR) is 358 cm³/mol. The minimum absolute atomic E-state index is 0. The lowest BCUT2D eigenvalue weighted by Gasteiger charge is -2.40. The Labute approximate surface area is 544 Å². The molecular formula is C61H105N15O12S2. The molecule has 0 heterocycles. The molecule has 508 valence electrons. The molecule has 90 heavy (non-hydrogen) atoms. The second-order valence-electron chi connectivity index (χ2n) is 20.9. The second-order valence-corrected chi connectivity index (χ2v) is 23.1. The number of hydrogen-bond donors (Lipinski definition) is 6. The minimum atomic E-state index is -1.50. The quantitative estimate of drug-likeness (QED) is 0.00415. The van der Waals surface area contributed by atoms with Crippen molar-refractivity contribution in [2.45, 2.75) is 205 Å². The van der Waals surface area contributed by atoms with E-state index in [0.29, 0.717) is 29.0 Å². The van der Waals surface area contributed by atoms with Gasteiger partial charge in [0.25, 0.3) is 0 Å². The van der Waals surface area contributed by atoms with Crippen LogP contribution in [0.15, 0.2) is 57.8 Å². The second kappa shape index (κ2) is 53.3. The Bertz CT molecular complexity index is 2600. The van der Waals surface area contributed by atoms with E-state index in [2.05, 4.69) is 69.6 Å². The van der Waals surface area contributed by atoms with Crippen molar-refractivity contribution < 1.29 is 58.3 Å². The van der Waals surface area contributed by atoms with E-state index in [1.54, 1.807) is 41.5 Å². The molecule has 1 aromatic rings. The summed E-state index contributed by atoms with van der Waals surface area (Å²) in [6, 6.07) is 13.7. The first-order chi connectivity index (χ1) is 40.4. The summed E-state index contributed by atoms with van der Waals surface area (Å²) in [7, 11) is 0. The van der Waals surface area contributed by atoms with E-state index < -0.39 is 68.7 Å². The van der Waals surface area contributed by atoms with Gasteiger partial charge in [0.15, 0.2) is 0 Å². The first-order valence-electron chi connectivity index (χ1n) is 28.0. The van der Waals surface area contributed by atoms with Gasteiger partial charge in [0, 0.05) is 85.8 Å². The average Bonchev–Trinajstić information content (AvgIpc) is 0.810. The molecule has 0 aliphatic carbocycles. The molecule has 27 nitrogen and oxygen atoms in total. The van der Waals surface area contributed by atoms with Crippen LogP contribution in [-0.4, -0.2) is 143 Å². The number of aliphatic hydroxyl groups excluding tert-OH is 3. The summed E-state index contributed by atoms with van der Waals surface area (Å²) in [5.41, 5.74) is 20.9. The zero-order valence-electron chi connectivity index (χ0n) is 51.7. The first kappa shape index (κ1) is 96.1. The van der Waals surface area contributed by atoms with Crippen molar-refractivity contribution in [2.75, 3.05) is 59.1 Å². The number of nitriles is 2. The fourth-order valence-electron chi connectivity index (χ4n) is 7.53. The van der Waals surface area contributed by atoms with Crippen LogP contribution >= 0.6 is 24.0 Å². The van der Waals surface area contributed by atoms with Gasteiger partial charge >= 0.3 is 17.9 Å². The summed E-state index contributed by atoms with van der Waals surface area (Å²) < 4.78 is 14.8. The van der Waals surface area contributed by atoms with Gasteiger partial charge in [-0.2, -0.15) is 10.5 Å². The molecule has 8 unspecified atom stereocenters. The third kappa shape index (κ3) is 42.4. The fraction of sp³-hybridized carbons (Fsp3) is 0.705. The molecule has 0 radical (unpaired) electrons. The standard InChI is InChI=1S/C25H39N9O6.C23H31N5O4S2.C7H13NO2.C2H6.4CH4/c1-19(35)16-30-22(38)24(3,25(4,29-5)11-9-21(37)40-15-7-13-32-34-28)17-23(2,18-26)10-8-20(36)39-14-6-12-31-33-27;1-17(29)14-26-21(31)23(3,34-20(33)18-8-5-4-6-9-18)15-22(2,16-24)11-10-19(30)32-13-7-12-27-28-25;1-5(2)7(10)8-4-6(3)9;1-2;;;;/h19,35H,6-17H2,1-4H3,(H,30,38);4-6,8-9,17,29H,7,10-15H2,1-3H3,(H,26,31);6,9H,1,4H2,2-3H3,(H,8,10);1-2H3;4*1H4. The van der Waals surface area contributed by atoms with Crippen molar-refractivity contribution in [2.24, 2.45) is 31.6 Å². The van der Waals surface area contributed by atoms with E-state index in [9.17, 15) is 49.5 Å². The lowest BCUT2D eigenvalue weighted by atomic mass is 9.61. The van der Waals surface area contributed by atoms with Crippen molar-refractivity contribution in [1.29, 1.82) is 10.5 Å². The monoisotopic (exact) mass is 1300 g/mol. The van der Waals surface area contributed by atoms with Crippen molar-refractivity contribution in [3.05, 3.63) is 90.8 Å². The molecular weight excluding hydrogens is 1200 g/mol. The van der Waals surface area contributed by atoms with Gasteiger partial charge in [0.1, 0.15) is 5.41 Å². The molecule has 0 aliphatic rings. The van der Waals surface area contributed by atoms with Crippen molar-refractivity contribution in [1.82, 2.24) is 16.0 Å². The number of esters is 3. The third-order valence-corrected chi connectivity index (χ3v) is 14.3. The Morgan fingerprint density at radius 2 is 1.01 bits per heavy atom. The molecule has 0 spiro atoms. The maximum Gasteiger partial charge on any atom is 0.306 e. The minimum Gasteiger partial charge on any atom is -0.466 e. The van der Waals surface area contributed by atoms with Gasteiger partial charge in [0.05, 0.1) is 76.5 Å². The van der Waals surface area contributed by atoms with Crippen LogP contribution in [0.2, 0.25) is 0 Å². The topological polar surface area (TPSA) is 425 Å². The number of azide groups is 3. The van der Waals surface area contributed by atoms with Gasteiger partial charge < -0.3 is 50.3 Å². The SMILES string of the molecule is C.C.C.C.C=C(C)C(=O)NCC(C)O.CC.CC(O)CNC(=O)C(C)(CC(C)(C#N)CCC(=O)OCCCN=[N+]=[N-])SC(=S)c1ccccc1.[C-]#[N+]C(C)(CCC(=O)OCCCN=[N+]=[N-])C(C)(CC(C)(C#N)CCC(=O)OCCCN=[N+]=[N-])C(=O)NCC(C)O. The molecule has 0 saturated heterocycles. The molecule has 0 saturated carbocycles. The number of nitrogens with one attached hydrogen (secondary N) is 3. The zero-order valence-corrected chi connectivity index (χ0v) is 53.3. The summed E-state index contributed by atoms with van der Waals surface area (Å²) in [5, 5.41) is 65.9. The van der Waals surface area contributed by atoms with Crippen LogP contribution < -0.4 is 16.0 Å². The molecule has 0 bridgehead atoms. The average molecular weight is 1300 g/mol. The number of nitrogens with zero attached hydrogens (tertiary/aromatic N) is 12. The van der Waals surface area contributed by atoms with Gasteiger partial charge in [-0.05, 0) is 122 Å². The first-order valence-corrected chi connectivity index (χ1v) is 29.2. The van der Waals surface area contributed by atoms with E-state index in [0.717, 1.165) is 5.56 Å². The Morgan fingerprint density at radius 3 is 1.36 bits per heavy atom. The van der Waals surface area contributed by atoms with E-state index >= 15 is 0 Å². The highest BCUT2D eigenvalue weighted by atomic mass is 32.2. The number of benzene rings is 1.